The molecule has 5 heteroatoms. The summed E-state index contributed by atoms with van der Waals surface area (Å²) in [5, 5.41) is 17.0. The Bertz CT molecular complexity index is 324. The number of ether oxygens (including phenoxy) is 1. The lowest BCUT2D eigenvalue weighted by atomic mass is 10.1. The van der Waals surface area contributed by atoms with E-state index in [9.17, 15) is 0 Å². The molecule has 2 rings (SSSR count). The van der Waals surface area contributed by atoms with Crippen molar-refractivity contribution in [2.75, 3.05) is 6.61 Å². The Kier molecular flexibility index (Phi) is 2.52. The molecule has 1 aliphatic rings. The Morgan fingerprint density at radius 1 is 1.57 bits per heavy atom. The van der Waals surface area contributed by atoms with Gasteiger partial charge in [-0.2, -0.15) is 0 Å². The van der Waals surface area contributed by atoms with E-state index in [1.54, 1.807) is 0 Å². The van der Waals surface area contributed by atoms with E-state index in [0.29, 0.717) is 24.5 Å². The van der Waals surface area contributed by atoms with Crippen molar-refractivity contribution in [1.82, 2.24) is 14.8 Å². The number of nitrogens with zero attached hydrogens (tertiary/aromatic N) is 3. The number of aliphatic hydroxyl groups excluding tert-OH is 1. The van der Waals surface area contributed by atoms with E-state index in [1.807, 2.05) is 11.6 Å². The van der Waals surface area contributed by atoms with E-state index in [-0.39, 0.29) is 6.61 Å². The Hall–Kier alpha value is -0.940. The molecule has 0 bridgehead atoms. The number of aliphatic hydroxyl groups is 1. The molecule has 1 fully saturated rings. The van der Waals surface area contributed by atoms with Crippen molar-refractivity contribution in [3.8, 4) is 0 Å². The van der Waals surface area contributed by atoms with Gasteiger partial charge in [0, 0.05) is 13.0 Å². The first-order valence-electron chi connectivity index (χ1n) is 4.83. The SMILES string of the molecule is CC1CC(c2nnc(CO)n2C)CO1. The first-order valence-corrected chi connectivity index (χ1v) is 4.83. The topological polar surface area (TPSA) is 60.2 Å². The van der Waals surface area contributed by atoms with E-state index in [0.717, 1.165) is 12.2 Å². The zero-order valence-corrected chi connectivity index (χ0v) is 8.47. The van der Waals surface area contributed by atoms with Gasteiger partial charge in [0.1, 0.15) is 12.4 Å². The van der Waals surface area contributed by atoms with E-state index in [1.165, 1.54) is 0 Å². The van der Waals surface area contributed by atoms with Crippen LogP contribution in [0.5, 0.6) is 0 Å². The number of aromatic nitrogens is 3. The lowest BCUT2D eigenvalue weighted by molar-refractivity contribution is 0.123. The van der Waals surface area contributed by atoms with Gasteiger partial charge in [0.2, 0.25) is 0 Å². The van der Waals surface area contributed by atoms with Crippen molar-refractivity contribution in [2.45, 2.75) is 32.0 Å². The van der Waals surface area contributed by atoms with Crippen LogP contribution in [0.15, 0.2) is 0 Å². The van der Waals surface area contributed by atoms with Crippen molar-refractivity contribution in [2.24, 2.45) is 7.05 Å². The molecule has 1 aromatic heterocycles. The van der Waals surface area contributed by atoms with Crippen LogP contribution in [0.2, 0.25) is 0 Å². The summed E-state index contributed by atoms with van der Waals surface area (Å²) in [6, 6.07) is 0. The fourth-order valence-corrected chi connectivity index (χ4v) is 1.87. The average molecular weight is 197 g/mol. The molecular weight excluding hydrogens is 182 g/mol. The molecule has 0 spiro atoms. The Balaban J connectivity index is 2.20. The minimum Gasteiger partial charge on any atom is -0.388 e. The molecule has 1 aliphatic heterocycles. The third kappa shape index (κ3) is 1.53. The zero-order chi connectivity index (χ0) is 10.1. The Morgan fingerprint density at radius 2 is 2.36 bits per heavy atom. The fraction of sp³-hybridized carbons (Fsp3) is 0.778. The van der Waals surface area contributed by atoms with Crippen LogP contribution in [-0.4, -0.2) is 32.6 Å². The molecule has 1 saturated heterocycles. The van der Waals surface area contributed by atoms with Gasteiger partial charge in [-0.25, -0.2) is 0 Å². The van der Waals surface area contributed by atoms with E-state index >= 15 is 0 Å². The van der Waals surface area contributed by atoms with Gasteiger partial charge in [0.15, 0.2) is 5.82 Å². The van der Waals surface area contributed by atoms with E-state index in [2.05, 4.69) is 17.1 Å². The molecule has 1 N–H and O–H groups in total. The molecule has 0 aliphatic carbocycles. The van der Waals surface area contributed by atoms with Crippen LogP contribution in [0.25, 0.3) is 0 Å². The molecule has 0 radical (unpaired) electrons. The zero-order valence-electron chi connectivity index (χ0n) is 8.47. The molecule has 2 heterocycles. The first-order chi connectivity index (χ1) is 6.72. The summed E-state index contributed by atoms with van der Waals surface area (Å²) in [4.78, 5) is 0. The van der Waals surface area contributed by atoms with Gasteiger partial charge < -0.3 is 14.4 Å². The number of hydrogen-bond acceptors (Lipinski definition) is 4. The summed E-state index contributed by atoms with van der Waals surface area (Å²) in [5.41, 5.74) is 0. The van der Waals surface area contributed by atoms with Crippen LogP contribution in [-0.2, 0) is 18.4 Å². The second kappa shape index (κ2) is 3.67. The Morgan fingerprint density at radius 3 is 2.86 bits per heavy atom. The summed E-state index contributed by atoms with van der Waals surface area (Å²) in [6.07, 6.45) is 1.28. The highest BCUT2D eigenvalue weighted by atomic mass is 16.5. The van der Waals surface area contributed by atoms with Crippen molar-refractivity contribution >= 4 is 0 Å². The van der Waals surface area contributed by atoms with E-state index in [4.69, 9.17) is 9.84 Å². The highest BCUT2D eigenvalue weighted by Crippen LogP contribution is 2.27. The van der Waals surface area contributed by atoms with Crippen LogP contribution in [0.3, 0.4) is 0 Å². The highest BCUT2D eigenvalue weighted by Gasteiger charge is 2.27. The van der Waals surface area contributed by atoms with Gasteiger partial charge >= 0.3 is 0 Å². The van der Waals surface area contributed by atoms with E-state index < -0.39 is 0 Å². The minimum absolute atomic E-state index is 0.0629. The third-order valence-electron chi connectivity index (χ3n) is 2.70. The average Bonchev–Trinajstić information content (AvgIpc) is 2.72. The summed E-state index contributed by atoms with van der Waals surface area (Å²) in [6.45, 7) is 2.70. The Labute approximate surface area is 82.7 Å². The lowest BCUT2D eigenvalue weighted by Gasteiger charge is -2.06. The summed E-state index contributed by atoms with van der Waals surface area (Å²) >= 11 is 0. The quantitative estimate of drug-likeness (QED) is 0.735. The molecule has 5 nitrogen and oxygen atoms in total. The van der Waals surface area contributed by atoms with Gasteiger partial charge in [-0.3, -0.25) is 0 Å². The van der Waals surface area contributed by atoms with Crippen molar-refractivity contribution in [3.05, 3.63) is 11.6 Å². The number of rotatable bonds is 2. The molecule has 2 atom stereocenters. The molecular formula is C9H15N3O2. The predicted molar refractivity (Wildman–Crippen MR) is 49.7 cm³/mol. The second-order valence-corrected chi connectivity index (χ2v) is 3.77. The van der Waals surface area contributed by atoms with Gasteiger partial charge in [0.25, 0.3) is 0 Å². The normalized spacial score (nSPS) is 27.1. The van der Waals surface area contributed by atoms with Crippen LogP contribution in [0.4, 0.5) is 0 Å². The lowest BCUT2D eigenvalue weighted by Crippen LogP contribution is -2.08. The van der Waals surface area contributed by atoms with Crippen molar-refractivity contribution in [3.63, 3.8) is 0 Å². The van der Waals surface area contributed by atoms with Crippen LogP contribution < -0.4 is 0 Å². The predicted octanol–water partition coefficient (Wildman–Crippen LogP) is 0.200. The molecule has 0 amide bonds. The molecule has 78 valence electrons. The molecule has 1 aromatic rings. The van der Waals surface area contributed by atoms with Gasteiger partial charge in [-0.15, -0.1) is 10.2 Å². The van der Waals surface area contributed by atoms with Gasteiger partial charge in [-0.05, 0) is 13.3 Å². The van der Waals surface area contributed by atoms with Crippen molar-refractivity contribution in [1.29, 1.82) is 0 Å². The molecule has 0 saturated carbocycles. The van der Waals surface area contributed by atoms with Crippen LogP contribution >= 0.6 is 0 Å². The maximum Gasteiger partial charge on any atom is 0.158 e. The van der Waals surface area contributed by atoms with Gasteiger partial charge in [-0.1, -0.05) is 0 Å². The third-order valence-corrected chi connectivity index (χ3v) is 2.70. The molecule has 0 aromatic carbocycles. The van der Waals surface area contributed by atoms with Gasteiger partial charge in [0.05, 0.1) is 12.7 Å². The van der Waals surface area contributed by atoms with Crippen LogP contribution in [0, 0.1) is 0 Å². The summed E-state index contributed by atoms with van der Waals surface area (Å²) in [7, 11) is 1.88. The van der Waals surface area contributed by atoms with Crippen LogP contribution in [0.1, 0.15) is 30.9 Å². The smallest absolute Gasteiger partial charge is 0.158 e. The summed E-state index contributed by atoms with van der Waals surface area (Å²) < 4.78 is 7.33. The maximum absolute atomic E-state index is 8.97. The minimum atomic E-state index is -0.0629. The molecule has 14 heavy (non-hydrogen) atoms. The molecule has 2 unspecified atom stereocenters. The standard InChI is InChI=1S/C9H15N3O2/c1-6-3-7(5-14-6)9-11-10-8(4-13)12(9)2/h6-7,13H,3-5H2,1-2H3. The largest absolute Gasteiger partial charge is 0.388 e. The fourth-order valence-electron chi connectivity index (χ4n) is 1.87. The van der Waals surface area contributed by atoms with Crippen molar-refractivity contribution < 1.29 is 9.84 Å². The maximum atomic E-state index is 8.97. The summed E-state index contributed by atoms with van der Waals surface area (Å²) in [5.74, 6) is 1.85. The number of hydrogen-bond donors (Lipinski definition) is 1. The highest BCUT2D eigenvalue weighted by molar-refractivity contribution is 5.03. The second-order valence-electron chi connectivity index (χ2n) is 3.77. The first kappa shape index (κ1) is 9.61. The monoisotopic (exact) mass is 197 g/mol.